The van der Waals surface area contributed by atoms with Gasteiger partial charge < -0.3 is 4.42 Å². The molecule has 0 unspecified atom stereocenters. The number of nitriles is 1. The van der Waals surface area contributed by atoms with E-state index in [1.165, 1.54) is 0 Å². The molecule has 0 aliphatic rings. The van der Waals surface area contributed by atoms with Gasteiger partial charge in [-0.1, -0.05) is 39.0 Å². The standard InChI is InChI=1S/C23H20N4O/c1-23(2,3)12-21-26-14-20(28-21)18-9-8-17(13-24)27-22(18)16-7-6-15-5-4-10-25-19(15)11-16/h4-11,14H,12H2,1-3H3. The number of oxazole rings is 1. The van der Waals surface area contributed by atoms with Gasteiger partial charge in [0.05, 0.1) is 17.4 Å². The molecule has 3 aromatic heterocycles. The second-order valence-electron chi connectivity index (χ2n) is 7.97. The van der Waals surface area contributed by atoms with Gasteiger partial charge in [0.1, 0.15) is 11.8 Å². The van der Waals surface area contributed by atoms with Crippen LogP contribution in [0.2, 0.25) is 0 Å². The smallest absolute Gasteiger partial charge is 0.195 e. The molecule has 0 bridgehead atoms. The molecule has 0 aliphatic carbocycles. The Balaban J connectivity index is 1.83. The molecule has 3 heterocycles. The number of aromatic nitrogens is 3. The van der Waals surface area contributed by atoms with Crippen LogP contribution < -0.4 is 0 Å². The molecule has 0 amide bonds. The monoisotopic (exact) mass is 368 g/mol. The number of nitrogens with zero attached hydrogens (tertiary/aromatic N) is 4. The molecule has 0 spiro atoms. The summed E-state index contributed by atoms with van der Waals surface area (Å²) in [5.41, 5.74) is 3.69. The lowest BCUT2D eigenvalue weighted by molar-refractivity contribution is 0.357. The lowest BCUT2D eigenvalue weighted by atomic mass is 9.92. The van der Waals surface area contributed by atoms with E-state index in [4.69, 9.17) is 4.42 Å². The van der Waals surface area contributed by atoms with Crippen molar-refractivity contribution in [2.75, 3.05) is 0 Å². The van der Waals surface area contributed by atoms with E-state index in [1.807, 2.05) is 36.4 Å². The van der Waals surface area contributed by atoms with Crippen LogP contribution in [0, 0.1) is 16.7 Å². The second-order valence-corrected chi connectivity index (χ2v) is 7.97. The zero-order valence-corrected chi connectivity index (χ0v) is 16.1. The highest BCUT2D eigenvalue weighted by Gasteiger charge is 2.19. The number of hydrogen-bond acceptors (Lipinski definition) is 5. The SMILES string of the molecule is CC(C)(C)Cc1ncc(-c2ccc(C#N)nc2-c2ccc3cccnc3c2)o1. The third-order valence-electron chi connectivity index (χ3n) is 4.39. The van der Waals surface area contributed by atoms with E-state index in [0.29, 0.717) is 23.0 Å². The topological polar surface area (TPSA) is 75.6 Å². The van der Waals surface area contributed by atoms with Crippen LogP contribution in [-0.2, 0) is 6.42 Å². The number of fused-ring (bicyclic) bond motifs is 1. The van der Waals surface area contributed by atoms with E-state index < -0.39 is 0 Å². The van der Waals surface area contributed by atoms with Gasteiger partial charge in [0.25, 0.3) is 0 Å². The van der Waals surface area contributed by atoms with Gasteiger partial charge in [0, 0.05) is 29.1 Å². The maximum atomic E-state index is 9.31. The molecule has 0 N–H and O–H groups in total. The van der Waals surface area contributed by atoms with Crippen molar-refractivity contribution in [1.29, 1.82) is 5.26 Å². The maximum Gasteiger partial charge on any atom is 0.195 e. The summed E-state index contributed by atoms with van der Waals surface area (Å²) in [5.74, 6) is 1.34. The fourth-order valence-corrected chi connectivity index (χ4v) is 3.12. The van der Waals surface area contributed by atoms with Crippen molar-refractivity contribution in [3.8, 4) is 28.7 Å². The number of pyridine rings is 2. The summed E-state index contributed by atoms with van der Waals surface area (Å²) in [5, 5.41) is 10.4. The summed E-state index contributed by atoms with van der Waals surface area (Å²) in [4.78, 5) is 13.4. The fraction of sp³-hybridized carbons (Fsp3) is 0.217. The van der Waals surface area contributed by atoms with E-state index >= 15 is 0 Å². The predicted molar refractivity (Wildman–Crippen MR) is 108 cm³/mol. The van der Waals surface area contributed by atoms with Gasteiger partial charge in [-0.2, -0.15) is 5.26 Å². The highest BCUT2D eigenvalue weighted by Crippen LogP contribution is 2.33. The summed E-state index contributed by atoms with van der Waals surface area (Å²) in [6.07, 6.45) is 4.24. The molecule has 0 atom stereocenters. The van der Waals surface area contributed by atoms with Crippen molar-refractivity contribution >= 4 is 10.9 Å². The summed E-state index contributed by atoms with van der Waals surface area (Å²) in [6.45, 7) is 6.44. The predicted octanol–water partition coefficient (Wildman–Crippen LogP) is 5.41. The first kappa shape index (κ1) is 17.9. The van der Waals surface area contributed by atoms with E-state index in [0.717, 1.165) is 28.5 Å². The van der Waals surface area contributed by atoms with Gasteiger partial charge in [-0.05, 0) is 29.7 Å². The molecule has 1 aromatic carbocycles. The Bertz CT molecular complexity index is 1200. The molecule has 0 saturated heterocycles. The van der Waals surface area contributed by atoms with Crippen molar-refractivity contribution in [1.82, 2.24) is 15.0 Å². The minimum atomic E-state index is 0.0812. The van der Waals surface area contributed by atoms with Gasteiger partial charge in [-0.3, -0.25) is 4.98 Å². The Morgan fingerprint density at radius 1 is 1.07 bits per heavy atom. The Labute approximate surface area is 163 Å². The Morgan fingerprint density at radius 3 is 2.71 bits per heavy atom. The quantitative estimate of drug-likeness (QED) is 0.483. The molecule has 4 aromatic rings. The molecule has 0 radical (unpaired) electrons. The third kappa shape index (κ3) is 3.63. The van der Waals surface area contributed by atoms with Crippen molar-refractivity contribution in [3.05, 3.63) is 66.4 Å². The summed E-state index contributed by atoms with van der Waals surface area (Å²) in [7, 11) is 0. The molecule has 5 heteroatoms. The van der Waals surface area contributed by atoms with Crippen LogP contribution >= 0.6 is 0 Å². The van der Waals surface area contributed by atoms with Gasteiger partial charge in [0.2, 0.25) is 0 Å². The first-order valence-electron chi connectivity index (χ1n) is 9.14. The molecular weight excluding hydrogens is 348 g/mol. The molecule has 0 aliphatic heterocycles. The highest BCUT2D eigenvalue weighted by molar-refractivity contribution is 5.87. The summed E-state index contributed by atoms with van der Waals surface area (Å²) in [6, 6.07) is 15.6. The summed E-state index contributed by atoms with van der Waals surface area (Å²) < 4.78 is 6.02. The average molecular weight is 368 g/mol. The van der Waals surface area contributed by atoms with Crippen LogP contribution in [0.25, 0.3) is 33.5 Å². The normalized spacial score (nSPS) is 11.5. The van der Waals surface area contributed by atoms with E-state index in [-0.39, 0.29) is 5.41 Å². The van der Waals surface area contributed by atoms with E-state index in [1.54, 1.807) is 18.5 Å². The van der Waals surface area contributed by atoms with Gasteiger partial charge >= 0.3 is 0 Å². The van der Waals surface area contributed by atoms with Crippen molar-refractivity contribution in [2.45, 2.75) is 27.2 Å². The first-order chi connectivity index (χ1) is 13.4. The van der Waals surface area contributed by atoms with Crippen LogP contribution in [-0.4, -0.2) is 15.0 Å². The molecular formula is C23H20N4O. The largest absolute Gasteiger partial charge is 0.441 e. The number of hydrogen-bond donors (Lipinski definition) is 0. The van der Waals surface area contributed by atoms with Crippen LogP contribution in [0.1, 0.15) is 32.4 Å². The number of benzene rings is 1. The Kier molecular flexibility index (Phi) is 4.40. The van der Waals surface area contributed by atoms with Crippen molar-refractivity contribution in [2.24, 2.45) is 5.41 Å². The first-order valence-corrected chi connectivity index (χ1v) is 9.14. The van der Waals surface area contributed by atoms with E-state index in [2.05, 4.69) is 41.8 Å². The Hall–Kier alpha value is -3.52. The molecule has 5 nitrogen and oxygen atoms in total. The molecule has 4 rings (SSSR count). The van der Waals surface area contributed by atoms with Crippen LogP contribution in [0.3, 0.4) is 0 Å². The maximum absolute atomic E-state index is 9.31. The third-order valence-corrected chi connectivity index (χ3v) is 4.39. The lowest BCUT2D eigenvalue weighted by Crippen LogP contribution is -2.09. The Morgan fingerprint density at radius 2 is 1.93 bits per heavy atom. The number of rotatable bonds is 3. The lowest BCUT2D eigenvalue weighted by Gasteiger charge is -2.14. The van der Waals surface area contributed by atoms with E-state index in [9.17, 15) is 5.26 Å². The van der Waals surface area contributed by atoms with Crippen LogP contribution in [0.4, 0.5) is 0 Å². The molecule has 0 fully saturated rings. The zero-order valence-electron chi connectivity index (χ0n) is 16.1. The van der Waals surface area contributed by atoms with Gasteiger partial charge in [0.15, 0.2) is 11.7 Å². The second kappa shape index (κ2) is 6.90. The van der Waals surface area contributed by atoms with Crippen molar-refractivity contribution < 1.29 is 4.42 Å². The fourth-order valence-electron chi connectivity index (χ4n) is 3.12. The van der Waals surface area contributed by atoms with Gasteiger partial charge in [-0.15, -0.1) is 0 Å². The molecule has 28 heavy (non-hydrogen) atoms. The molecule has 138 valence electrons. The zero-order chi connectivity index (χ0) is 19.7. The molecule has 0 saturated carbocycles. The average Bonchev–Trinajstić information content (AvgIpc) is 3.13. The van der Waals surface area contributed by atoms with Crippen LogP contribution in [0.5, 0.6) is 0 Å². The summed E-state index contributed by atoms with van der Waals surface area (Å²) >= 11 is 0. The van der Waals surface area contributed by atoms with Crippen LogP contribution in [0.15, 0.2) is 59.3 Å². The van der Waals surface area contributed by atoms with Gasteiger partial charge in [-0.25, -0.2) is 9.97 Å². The van der Waals surface area contributed by atoms with Crippen molar-refractivity contribution in [3.63, 3.8) is 0 Å². The minimum absolute atomic E-state index is 0.0812. The highest BCUT2D eigenvalue weighted by atomic mass is 16.4. The minimum Gasteiger partial charge on any atom is -0.441 e.